The van der Waals surface area contributed by atoms with Gasteiger partial charge in [-0.15, -0.1) is 0 Å². The molecule has 1 aromatic heterocycles. The van der Waals surface area contributed by atoms with Gasteiger partial charge >= 0.3 is 0 Å². The van der Waals surface area contributed by atoms with E-state index in [4.69, 9.17) is 16.3 Å². The Hall–Kier alpha value is -2.44. The SMILES string of the molecule is CN(CCOc1ccc(F)cc1)Cc1nc2cc(Cl)ccc2c(=O)[nH]1. The molecule has 0 aliphatic rings. The molecule has 0 fully saturated rings. The van der Waals surface area contributed by atoms with E-state index in [-0.39, 0.29) is 11.4 Å². The molecule has 0 aliphatic heterocycles. The number of likely N-dealkylation sites (N-methyl/N-ethyl adjacent to an activating group) is 1. The van der Waals surface area contributed by atoms with Crippen LogP contribution in [0, 0.1) is 5.82 Å². The maximum Gasteiger partial charge on any atom is 0.258 e. The smallest absolute Gasteiger partial charge is 0.258 e. The third-order valence-corrected chi connectivity index (χ3v) is 3.93. The first kappa shape index (κ1) is 17.4. The summed E-state index contributed by atoms with van der Waals surface area (Å²) < 4.78 is 18.4. The van der Waals surface area contributed by atoms with Crippen molar-refractivity contribution in [2.24, 2.45) is 0 Å². The van der Waals surface area contributed by atoms with Crippen LogP contribution in [0.2, 0.25) is 5.02 Å². The zero-order chi connectivity index (χ0) is 17.8. The Bertz CT molecular complexity index is 928. The zero-order valence-electron chi connectivity index (χ0n) is 13.6. The van der Waals surface area contributed by atoms with E-state index in [1.807, 2.05) is 11.9 Å². The molecule has 0 saturated heterocycles. The highest BCUT2D eigenvalue weighted by Gasteiger charge is 2.07. The van der Waals surface area contributed by atoms with Gasteiger partial charge in [0, 0.05) is 11.6 Å². The number of aromatic amines is 1. The van der Waals surface area contributed by atoms with Crippen LogP contribution in [0.5, 0.6) is 5.75 Å². The number of nitrogens with one attached hydrogen (secondary N) is 1. The topological polar surface area (TPSA) is 58.2 Å². The van der Waals surface area contributed by atoms with Gasteiger partial charge in [0.25, 0.3) is 5.56 Å². The van der Waals surface area contributed by atoms with E-state index >= 15 is 0 Å². The maximum atomic E-state index is 12.8. The molecule has 7 heteroatoms. The lowest BCUT2D eigenvalue weighted by molar-refractivity contribution is 0.229. The first-order valence-corrected chi connectivity index (χ1v) is 8.14. The van der Waals surface area contributed by atoms with Gasteiger partial charge in [0.05, 0.1) is 17.4 Å². The molecule has 3 aromatic rings. The highest BCUT2D eigenvalue weighted by Crippen LogP contribution is 2.15. The molecule has 25 heavy (non-hydrogen) atoms. The molecular weight excluding hydrogens is 345 g/mol. The minimum atomic E-state index is -0.295. The van der Waals surface area contributed by atoms with E-state index in [2.05, 4.69) is 9.97 Å². The molecule has 0 amide bonds. The van der Waals surface area contributed by atoms with Gasteiger partial charge in [-0.05, 0) is 49.5 Å². The third-order valence-electron chi connectivity index (χ3n) is 3.69. The van der Waals surface area contributed by atoms with Crippen LogP contribution in [-0.4, -0.2) is 35.1 Å². The van der Waals surface area contributed by atoms with Crippen LogP contribution in [-0.2, 0) is 6.54 Å². The maximum absolute atomic E-state index is 12.8. The predicted octanol–water partition coefficient (Wildman–Crippen LogP) is 3.23. The van der Waals surface area contributed by atoms with Crippen molar-refractivity contribution in [2.75, 3.05) is 20.2 Å². The molecule has 0 unspecified atom stereocenters. The Balaban J connectivity index is 1.60. The number of aromatic nitrogens is 2. The lowest BCUT2D eigenvalue weighted by Gasteiger charge is -2.16. The van der Waals surface area contributed by atoms with Crippen molar-refractivity contribution in [2.45, 2.75) is 6.54 Å². The molecule has 0 saturated carbocycles. The molecule has 0 spiro atoms. The van der Waals surface area contributed by atoms with Crippen molar-refractivity contribution < 1.29 is 9.13 Å². The van der Waals surface area contributed by atoms with E-state index in [0.29, 0.717) is 47.2 Å². The average molecular weight is 362 g/mol. The molecule has 0 aliphatic carbocycles. The summed E-state index contributed by atoms with van der Waals surface area (Å²) in [5, 5.41) is 1.05. The van der Waals surface area contributed by atoms with Gasteiger partial charge in [-0.25, -0.2) is 9.37 Å². The number of hydrogen-bond acceptors (Lipinski definition) is 4. The van der Waals surface area contributed by atoms with Gasteiger partial charge in [0.2, 0.25) is 0 Å². The second-order valence-electron chi connectivity index (χ2n) is 5.71. The fraction of sp³-hybridized carbons (Fsp3) is 0.222. The summed E-state index contributed by atoms with van der Waals surface area (Å²) in [6.07, 6.45) is 0. The molecule has 0 radical (unpaired) electrons. The Labute approximate surface area is 149 Å². The van der Waals surface area contributed by atoms with Crippen molar-refractivity contribution in [1.29, 1.82) is 0 Å². The largest absolute Gasteiger partial charge is 0.492 e. The number of H-pyrrole nitrogens is 1. The van der Waals surface area contributed by atoms with Crippen LogP contribution in [0.4, 0.5) is 4.39 Å². The quantitative estimate of drug-likeness (QED) is 0.732. The molecule has 1 N–H and O–H groups in total. The fourth-order valence-electron chi connectivity index (χ4n) is 2.42. The summed E-state index contributed by atoms with van der Waals surface area (Å²) in [5.41, 5.74) is 0.384. The lowest BCUT2D eigenvalue weighted by Crippen LogP contribution is -2.26. The first-order valence-electron chi connectivity index (χ1n) is 7.76. The highest BCUT2D eigenvalue weighted by molar-refractivity contribution is 6.31. The van der Waals surface area contributed by atoms with E-state index < -0.39 is 0 Å². The minimum absolute atomic E-state index is 0.187. The van der Waals surface area contributed by atoms with E-state index in [1.165, 1.54) is 12.1 Å². The predicted molar refractivity (Wildman–Crippen MR) is 95.6 cm³/mol. The van der Waals surface area contributed by atoms with Crippen LogP contribution in [0.15, 0.2) is 47.3 Å². The van der Waals surface area contributed by atoms with Crippen molar-refractivity contribution >= 4 is 22.5 Å². The van der Waals surface area contributed by atoms with Gasteiger partial charge in [-0.3, -0.25) is 9.69 Å². The van der Waals surface area contributed by atoms with E-state index in [0.717, 1.165) is 0 Å². The van der Waals surface area contributed by atoms with Crippen molar-refractivity contribution in [3.05, 3.63) is 69.5 Å². The van der Waals surface area contributed by atoms with Crippen LogP contribution >= 0.6 is 11.6 Å². The second-order valence-corrected chi connectivity index (χ2v) is 6.15. The molecule has 130 valence electrons. The number of ether oxygens (including phenoxy) is 1. The first-order chi connectivity index (χ1) is 12.0. The highest BCUT2D eigenvalue weighted by atomic mass is 35.5. The summed E-state index contributed by atoms with van der Waals surface area (Å²) in [6, 6.07) is 10.9. The minimum Gasteiger partial charge on any atom is -0.492 e. The Kier molecular flexibility index (Phi) is 5.31. The molecule has 5 nitrogen and oxygen atoms in total. The normalized spacial score (nSPS) is 11.2. The summed E-state index contributed by atoms with van der Waals surface area (Å²) >= 11 is 5.96. The summed E-state index contributed by atoms with van der Waals surface area (Å²) in [4.78, 5) is 21.3. The number of nitrogens with zero attached hydrogens (tertiary/aromatic N) is 2. The van der Waals surface area contributed by atoms with Crippen LogP contribution in [0.1, 0.15) is 5.82 Å². The number of halogens is 2. The van der Waals surface area contributed by atoms with Crippen molar-refractivity contribution in [1.82, 2.24) is 14.9 Å². The number of hydrogen-bond donors (Lipinski definition) is 1. The van der Waals surface area contributed by atoms with Gasteiger partial charge in [0.1, 0.15) is 24.0 Å². The number of rotatable bonds is 6. The standard InChI is InChI=1S/C18H17ClFN3O2/c1-23(8-9-25-14-5-3-13(20)4-6-14)11-17-21-16-10-12(19)2-7-15(16)18(24)22-17/h2-7,10H,8-9,11H2,1H3,(H,21,22,24). The van der Waals surface area contributed by atoms with Gasteiger partial charge in [-0.2, -0.15) is 0 Å². The number of benzene rings is 2. The third kappa shape index (κ3) is 4.55. The van der Waals surface area contributed by atoms with E-state index in [1.54, 1.807) is 30.3 Å². The van der Waals surface area contributed by atoms with E-state index in [9.17, 15) is 9.18 Å². The van der Waals surface area contributed by atoms with Crippen molar-refractivity contribution in [3.63, 3.8) is 0 Å². The lowest BCUT2D eigenvalue weighted by atomic mass is 10.2. The van der Waals surface area contributed by atoms with Crippen molar-refractivity contribution in [3.8, 4) is 5.75 Å². The van der Waals surface area contributed by atoms with Gasteiger partial charge in [-0.1, -0.05) is 11.6 Å². The molecular formula is C18H17ClFN3O2. The second kappa shape index (κ2) is 7.63. The Morgan fingerprint density at radius 1 is 1.24 bits per heavy atom. The van der Waals surface area contributed by atoms with Crippen LogP contribution in [0.3, 0.4) is 0 Å². The summed E-state index contributed by atoms with van der Waals surface area (Å²) in [7, 11) is 1.90. The molecule has 2 aromatic carbocycles. The number of fused-ring (bicyclic) bond motifs is 1. The molecule has 3 rings (SSSR count). The van der Waals surface area contributed by atoms with Crippen LogP contribution in [0.25, 0.3) is 10.9 Å². The van der Waals surface area contributed by atoms with Crippen LogP contribution < -0.4 is 10.3 Å². The summed E-state index contributed by atoms with van der Waals surface area (Å²) in [5.74, 6) is 0.877. The molecule has 1 heterocycles. The van der Waals surface area contributed by atoms with Gasteiger partial charge in [0.15, 0.2) is 0 Å². The molecule has 0 atom stereocenters. The van der Waals surface area contributed by atoms with Gasteiger partial charge < -0.3 is 9.72 Å². The molecule has 0 bridgehead atoms. The Morgan fingerprint density at radius 3 is 2.76 bits per heavy atom. The monoisotopic (exact) mass is 361 g/mol. The summed E-state index contributed by atoms with van der Waals surface area (Å²) in [6.45, 7) is 1.52. The fourth-order valence-corrected chi connectivity index (χ4v) is 2.59. The zero-order valence-corrected chi connectivity index (χ0v) is 14.4. The Morgan fingerprint density at radius 2 is 2.00 bits per heavy atom. The average Bonchev–Trinajstić information content (AvgIpc) is 2.56.